The van der Waals surface area contributed by atoms with Gasteiger partial charge in [-0.3, -0.25) is 0 Å². The van der Waals surface area contributed by atoms with Crippen molar-refractivity contribution in [3.05, 3.63) is 66.1 Å². The Bertz CT molecular complexity index is 919. The lowest BCUT2D eigenvalue weighted by Gasteiger charge is -2.13. The second-order valence-electron chi connectivity index (χ2n) is 6.39. The van der Waals surface area contributed by atoms with Crippen LogP contribution in [-0.2, 0) is 16.1 Å². The van der Waals surface area contributed by atoms with Crippen LogP contribution in [0.5, 0.6) is 5.75 Å². The van der Waals surface area contributed by atoms with Gasteiger partial charge >= 0.3 is 5.97 Å². The maximum Gasteiger partial charge on any atom is 0.342 e. The summed E-state index contributed by atoms with van der Waals surface area (Å²) in [7, 11) is 0. The van der Waals surface area contributed by atoms with E-state index in [9.17, 15) is 4.79 Å². The average molecular weight is 380 g/mol. The largest absolute Gasteiger partial charge is 0.490 e. The Labute approximate surface area is 162 Å². The lowest BCUT2D eigenvalue weighted by molar-refractivity contribution is 0.0422. The Morgan fingerprint density at radius 2 is 1.89 bits per heavy atom. The molecule has 0 N–H and O–H groups in total. The first-order chi connectivity index (χ1) is 13.8. The number of carbonyl (C=O) groups is 1. The van der Waals surface area contributed by atoms with Crippen molar-refractivity contribution in [2.45, 2.75) is 25.6 Å². The Balaban J connectivity index is 1.37. The zero-order valence-electron chi connectivity index (χ0n) is 15.2. The molecule has 3 aromatic rings. The number of para-hydroxylation sites is 1. The fraction of sp³-hybridized carbons (Fsp3) is 0.286. The summed E-state index contributed by atoms with van der Waals surface area (Å²) in [5.41, 5.74) is 1.16. The van der Waals surface area contributed by atoms with Crippen LogP contribution < -0.4 is 4.74 Å². The molecule has 144 valence electrons. The molecule has 0 unspecified atom stereocenters. The van der Waals surface area contributed by atoms with Crippen molar-refractivity contribution in [3.8, 4) is 17.2 Å². The van der Waals surface area contributed by atoms with Crippen LogP contribution in [0, 0.1) is 0 Å². The normalized spacial score (nSPS) is 16.1. The lowest BCUT2D eigenvalue weighted by atomic mass is 10.2. The van der Waals surface area contributed by atoms with E-state index in [4.69, 9.17) is 18.6 Å². The predicted molar refractivity (Wildman–Crippen MR) is 99.8 cm³/mol. The third-order valence-electron chi connectivity index (χ3n) is 4.37. The van der Waals surface area contributed by atoms with Crippen LogP contribution in [0.15, 0.2) is 59.0 Å². The maximum absolute atomic E-state index is 12.5. The number of esters is 1. The summed E-state index contributed by atoms with van der Waals surface area (Å²) in [5, 5.41) is 7.91. The third-order valence-corrected chi connectivity index (χ3v) is 4.37. The Hall–Kier alpha value is -3.19. The van der Waals surface area contributed by atoms with Gasteiger partial charge in [-0.1, -0.05) is 30.3 Å². The van der Waals surface area contributed by atoms with E-state index in [1.165, 1.54) is 0 Å². The minimum absolute atomic E-state index is 0.0684. The highest BCUT2D eigenvalue weighted by Crippen LogP contribution is 2.22. The van der Waals surface area contributed by atoms with Crippen molar-refractivity contribution in [1.82, 2.24) is 10.2 Å². The topological polar surface area (TPSA) is 83.7 Å². The number of ether oxygens (including phenoxy) is 3. The van der Waals surface area contributed by atoms with Crippen molar-refractivity contribution in [2.24, 2.45) is 0 Å². The minimum atomic E-state index is -0.512. The fourth-order valence-electron chi connectivity index (χ4n) is 2.93. The standard InChI is InChI=1S/C21H20N2O5/c24-21(17-10-4-5-11-18(17)26-13-16-9-6-12-25-16)27-14-19-22-23-20(28-19)15-7-2-1-3-8-15/h1-5,7-8,10-11,16H,6,9,12-14H2/t16-/m1/s1. The summed E-state index contributed by atoms with van der Waals surface area (Å²) in [4.78, 5) is 12.5. The molecule has 2 heterocycles. The van der Waals surface area contributed by atoms with Crippen LogP contribution in [-0.4, -0.2) is 35.5 Å². The summed E-state index contributed by atoms with van der Waals surface area (Å²) in [5.74, 6) is 0.567. The quantitative estimate of drug-likeness (QED) is 0.579. The molecule has 1 atom stereocenters. The molecule has 1 fully saturated rings. The molecule has 7 nitrogen and oxygen atoms in total. The molecular formula is C21H20N2O5. The summed E-state index contributed by atoms with van der Waals surface area (Å²) >= 11 is 0. The predicted octanol–water partition coefficient (Wildman–Crippen LogP) is 3.65. The zero-order chi connectivity index (χ0) is 19.2. The summed E-state index contributed by atoms with van der Waals surface area (Å²) in [6.45, 7) is 1.06. The molecule has 2 aromatic carbocycles. The van der Waals surface area contributed by atoms with Crippen LogP contribution in [0.25, 0.3) is 11.5 Å². The number of aromatic nitrogens is 2. The molecule has 1 aliphatic rings. The molecule has 0 spiro atoms. The smallest absolute Gasteiger partial charge is 0.342 e. The zero-order valence-corrected chi connectivity index (χ0v) is 15.2. The van der Waals surface area contributed by atoms with E-state index in [2.05, 4.69) is 10.2 Å². The highest BCUT2D eigenvalue weighted by atomic mass is 16.6. The second kappa shape index (κ2) is 8.67. The molecule has 4 rings (SSSR count). The van der Waals surface area contributed by atoms with Crippen LogP contribution in [0.4, 0.5) is 0 Å². The minimum Gasteiger partial charge on any atom is -0.490 e. The Morgan fingerprint density at radius 3 is 2.71 bits per heavy atom. The number of nitrogens with zero attached hydrogens (tertiary/aromatic N) is 2. The van der Waals surface area contributed by atoms with Gasteiger partial charge in [0.1, 0.15) is 17.9 Å². The van der Waals surface area contributed by atoms with Gasteiger partial charge < -0.3 is 18.6 Å². The van der Waals surface area contributed by atoms with Gasteiger partial charge in [0.2, 0.25) is 5.89 Å². The van der Waals surface area contributed by atoms with Gasteiger partial charge in [0.25, 0.3) is 5.89 Å². The van der Waals surface area contributed by atoms with Gasteiger partial charge in [0, 0.05) is 12.2 Å². The number of carbonyl (C=O) groups excluding carboxylic acids is 1. The van der Waals surface area contributed by atoms with E-state index in [0.29, 0.717) is 23.8 Å². The Kier molecular flexibility index (Phi) is 5.63. The number of hydrogen-bond donors (Lipinski definition) is 0. The van der Waals surface area contributed by atoms with Gasteiger partial charge in [0.05, 0.1) is 6.10 Å². The maximum atomic E-state index is 12.5. The first kappa shape index (κ1) is 18.2. The van der Waals surface area contributed by atoms with Crippen LogP contribution in [0.1, 0.15) is 29.1 Å². The summed E-state index contributed by atoms with van der Waals surface area (Å²) in [6.07, 6.45) is 2.07. The molecule has 28 heavy (non-hydrogen) atoms. The molecule has 1 aliphatic heterocycles. The molecule has 0 amide bonds. The van der Waals surface area contributed by atoms with Crippen molar-refractivity contribution in [3.63, 3.8) is 0 Å². The van der Waals surface area contributed by atoms with E-state index >= 15 is 0 Å². The van der Waals surface area contributed by atoms with Gasteiger partial charge in [0.15, 0.2) is 6.61 Å². The van der Waals surface area contributed by atoms with E-state index in [1.807, 2.05) is 36.4 Å². The van der Waals surface area contributed by atoms with Crippen LogP contribution >= 0.6 is 0 Å². The summed E-state index contributed by atoms with van der Waals surface area (Å²) < 4.78 is 22.2. The van der Waals surface area contributed by atoms with Crippen molar-refractivity contribution < 1.29 is 23.4 Å². The Morgan fingerprint density at radius 1 is 1.07 bits per heavy atom. The number of benzene rings is 2. The molecule has 7 heteroatoms. The number of rotatable bonds is 7. The highest BCUT2D eigenvalue weighted by Gasteiger charge is 2.19. The van der Waals surface area contributed by atoms with E-state index in [0.717, 1.165) is 25.0 Å². The first-order valence-electron chi connectivity index (χ1n) is 9.18. The third kappa shape index (κ3) is 4.37. The van der Waals surface area contributed by atoms with Gasteiger partial charge in [-0.15, -0.1) is 10.2 Å². The first-order valence-corrected chi connectivity index (χ1v) is 9.18. The summed E-state index contributed by atoms with van der Waals surface area (Å²) in [6, 6.07) is 16.4. The molecule has 1 aromatic heterocycles. The molecule has 1 saturated heterocycles. The lowest BCUT2D eigenvalue weighted by Crippen LogP contribution is -2.17. The second-order valence-corrected chi connectivity index (χ2v) is 6.39. The van der Waals surface area contributed by atoms with Crippen molar-refractivity contribution in [2.75, 3.05) is 13.2 Å². The van der Waals surface area contributed by atoms with E-state index < -0.39 is 5.97 Å². The van der Waals surface area contributed by atoms with Crippen LogP contribution in [0.3, 0.4) is 0 Å². The molecule has 0 radical (unpaired) electrons. The van der Waals surface area contributed by atoms with Gasteiger partial charge in [-0.2, -0.15) is 0 Å². The van der Waals surface area contributed by atoms with Gasteiger partial charge in [-0.25, -0.2) is 4.79 Å². The van der Waals surface area contributed by atoms with Gasteiger partial charge in [-0.05, 0) is 37.1 Å². The molecular weight excluding hydrogens is 360 g/mol. The highest BCUT2D eigenvalue weighted by molar-refractivity contribution is 5.92. The van der Waals surface area contributed by atoms with E-state index in [-0.39, 0.29) is 18.6 Å². The van der Waals surface area contributed by atoms with Crippen LogP contribution in [0.2, 0.25) is 0 Å². The van der Waals surface area contributed by atoms with Crippen molar-refractivity contribution in [1.29, 1.82) is 0 Å². The monoisotopic (exact) mass is 380 g/mol. The molecule has 0 aliphatic carbocycles. The molecule has 0 saturated carbocycles. The SMILES string of the molecule is O=C(OCc1nnc(-c2ccccc2)o1)c1ccccc1OC[C@H]1CCCO1. The number of hydrogen-bond acceptors (Lipinski definition) is 7. The van der Waals surface area contributed by atoms with Crippen molar-refractivity contribution >= 4 is 5.97 Å². The average Bonchev–Trinajstić information content (AvgIpc) is 3.43. The molecule has 0 bridgehead atoms. The van der Waals surface area contributed by atoms with E-state index in [1.54, 1.807) is 18.2 Å². The fourth-order valence-corrected chi connectivity index (χ4v) is 2.93.